The van der Waals surface area contributed by atoms with Crippen molar-refractivity contribution in [2.75, 3.05) is 39.3 Å². The lowest BCUT2D eigenvalue weighted by molar-refractivity contribution is 0.0757. The van der Waals surface area contributed by atoms with Crippen molar-refractivity contribution in [1.29, 1.82) is 0 Å². The van der Waals surface area contributed by atoms with E-state index in [9.17, 15) is 4.39 Å². The van der Waals surface area contributed by atoms with Gasteiger partial charge in [-0.15, -0.1) is 0 Å². The molecule has 1 atom stereocenters. The summed E-state index contributed by atoms with van der Waals surface area (Å²) in [6.07, 6.45) is 2.11. The zero-order chi connectivity index (χ0) is 16.5. The Balaban J connectivity index is 1.63. The molecule has 2 aromatic rings. The molecule has 0 bridgehead atoms. The Morgan fingerprint density at radius 3 is 2.79 bits per heavy atom. The number of aliphatic hydroxyl groups excluding tert-OH is 1. The maximum Gasteiger partial charge on any atom is 0.123 e. The van der Waals surface area contributed by atoms with Crippen molar-refractivity contribution in [2.24, 2.45) is 0 Å². The molecule has 0 aliphatic carbocycles. The van der Waals surface area contributed by atoms with E-state index in [0.717, 1.165) is 49.7 Å². The number of hydrogen-bond acceptors (Lipinski definition) is 4. The van der Waals surface area contributed by atoms with Crippen LogP contribution in [0.5, 0.6) is 0 Å². The van der Waals surface area contributed by atoms with Gasteiger partial charge in [0.15, 0.2) is 0 Å². The van der Waals surface area contributed by atoms with Crippen LogP contribution in [0.25, 0.3) is 0 Å². The monoisotopic (exact) mass is 347 g/mol. The fraction of sp³-hybridized carbons (Fsp3) is 0.444. The minimum absolute atomic E-state index is 0.162. The number of aromatic nitrogens is 1. The van der Waals surface area contributed by atoms with Gasteiger partial charge in [0, 0.05) is 50.4 Å². The van der Waals surface area contributed by atoms with Gasteiger partial charge in [0.1, 0.15) is 5.82 Å². The van der Waals surface area contributed by atoms with Gasteiger partial charge in [-0.1, -0.05) is 11.8 Å². The van der Waals surface area contributed by atoms with Gasteiger partial charge in [-0.05, 0) is 35.9 Å². The summed E-state index contributed by atoms with van der Waals surface area (Å²) in [6, 6.07) is 9.56. The van der Waals surface area contributed by atoms with Crippen molar-refractivity contribution in [3.05, 3.63) is 47.9 Å². The van der Waals surface area contributed by atoms with Crippen LogP contribution in [0.15, 0.2) is 46.5 Å². The van der Waals surface area contributed by atoms with E-state index in [2.05, 4.69) is 32.7 Å². The molecule has 0 radical (unpaired) electrons. The van der Waals surface area contributed by atoms with Crippen LogP contribution in [0, 0.1) is 5.82 Å². The summed E-state index contributed by atoms with van der Waals surface area (Å²) in [4.78, 5) is 5.90. The molecule has 0 saturated carbocycles. The third-order valence-electron chi connectivity index (χ3n) is 4.97. The molecule has 0 spiro atoms. The van der Waals surface area contributed by atoms with E-state index in [1.165, 1.54) is 5.03 Å². The van der Waals surface area contributed by atoms with E-state index < -0.39 is 0 Å². The van der Waals surface area contributed by atoms with Gasteiger partial charge in [0.25, 0.3) is 0 Å². The van der Waals surface area contributed by atoms with E-state index in [4.69, 9.17) is 5.11 Å². The molecule has 24 heavy (non-hydrogen) atoms. The molecule has 3 heterocycles. The molecule has 1 saturated heterocycles. The number of halogens is 1. The summed E-state index contributed by atoms with van der Waals surface area (Å²) in [5.41, 5.74) is 1.10. The molecule has 4 rings (SSSR count). The number of rotatable bonds is 3. The Hall–Kier alpha value is -1.34. The SMILES string of the molecule is OCCN1CCN([C@@H]2Cn3cccc3Sc3ccc(F)cc32)CC1. The first-order valence-corrected chi connectivity index (χ1v) is 9.26. The first kappa shape index (κ1) is 16.1. The van der Waals surface area contributed by atoms with Crippen molar-refractivity contribution in [3.8, 4) is 0 Å². The fourth-order valence-corrected chi connectivity index (χ4v) is 4.74. The highest BCUT2D eigenvalue weighted by Crippen LogP contribution is 2.40. The van der Waals surface area contributed by atoms with Crippen LogP contribution < -0.4 is 0 Å². The van der Waals surface area contributed by atoms with Gasteiger partial charge in [0.2, 0.25) is 0 Å². The normalized spacial score (nSPS) is 22.0. The zero-order valence-corrected chi connectivity index (χ0v) is 14.4. The molecule has 0 unspecified atom stereocenters. The molecule has 1 aromatic heterocycles. The molecule has 4 nitrogen and oxygen atoms in total. The molecule has 1 fully saturated rings. The van der Waals surface area contributed by atoms with Crippen molar-refractivity contribution in [3.63, 3.8) is 0 Å². The second-order valence-corrected chi connectivity index (χ2v) is 7.46. The Kier molecular flexibility index (Phi) is 4.63. The summed E-state index contributed by atoms with van der Waals surface area (Å²) in [5.74, 6) is -0.162. The van der Waals surface area contributed by atoms with Crippen LogP contribution in [-0.4, -0.2) is 58.8 Å². The fourth-order valence-electron chi connectivity index (χ4n) is 3.66. The Bertz CT molecular complexity index is 712. The Labute approximate surface area is 145 Å². The first-order valence-electron chi connectivity index (χ1n) is 8.44. The Morgan fingerprint density at radius 2 is 2.00 bits per heavy atom. The largest absolute Gasteiger partial charge is 0.395 e. The standard InChI is InChI=1S/C18H22FN3OS/c19-14-3-4-17-15(12-14)16(13-22-5-1-2-18(22)24-17)21-8-6-20(7-9-21)10-11-23/h1-5,12,16,23H,6-11,13H2/t16-/m1/s1. The zero-order valence-electron chi connectivity index (χ0n) is 13.6. The summed E-state index contributed by atoms with van der Waals surface area (Å²) < 4.78 is 16.2. The van der Waals surface area contributed by atoms with Gasteiger partial charge < -0.3 is 9.67 Å². The first-order chi connectivity index (χ1) is 11.7. The second kappa shape index (κ2) is 6.88. The highest BCUT2D eigenvalue weighted by Gasteiger charge is 2.30. The third-order valence-corrected chi connectivity index (χ3v) is 6.14. The van der Waals surface area contributed by atoms with Gasteiger partial charge in [-0.2, -0.15) is 0 Å². The van der Waals surface area contributed by atoms with Gasteiger partial charge in [-0.25, -0.2) is 4.39 Å². The number of hydrogen-bond donors (Lipinski definition) is 1. The minimum atomic E-state index is -0.162. The highest BCUT2D eigenvalue weighted by molar-refractivity contribution is 7.99. The highest BCUT2D eigenvalue weighted by atomic mass is 32.2. The second-order valence-electron chi connectivity index (χ2n) is 6.40. The summed E-state index contributed by atoms with van der Waals surface area (Å²) in [6.45, 7) is 5.60. The maximum atomic E-state index is 13.9. The van der Waals surface area contributed by atoms with Crippen LogP contribution in [0.2, 0.25) is 0 Å². The third kappa shape index (κ3) is 3.11. The van der Waals surface area contributed by atoms with Crippen LogP contribution >= 0.6 is 11.8 Å². The number of aliphatic hydroxyl groups is 1. The Morgan fingerprint density at radius 1 is 1.17 bits per heavy atom. The summed E-state index contributed by atoms with van der Waals surface area (Å²) in [7, 11) is 0. The number of nitrogens with zero attached hydrogens (tertiary/aromatic N) is 3. The molecule has 2 aliphatic heterocycles. The van der Waals surface area contributed by atoms with Gasteiger partial charge >= 0.3 is 0 Å². The lowest BCUT2D eigenvalue weighted by atomic mass is 10.0. The minimum Gasteiger partial charge on any atom is -0.395 e. The van der Waals surface area contributed by atoms with Crippen molar-refractivity contribution in [1.82, 2.24) is 14.4 Å². The van der Waals surface area contributed by atoms with E-state index in [1.54, 1.807) is 23.9 Å². The predicted molar refractivity (Wildman–Crippen MR) is 92.8 cm³/mol. The smallest absolute Gasteiger partial charge is 0.123 e. The van der Waals surface area contributed by atoms with Gasteiger partial charge in [0.05, 0.1) is 17.7 Å². The molecule has 2 aliphatic rings. The molecule has 6 heteroatoms. The van der Waals surface area contributed by atoms with E-state index in [-0.39, 0.29) is 18.5 Å². The van der Waals surface area contributed by atoms with Crippen LogP contribution in [0.1, 0.15) is 11.6 Å². The van der Waals surface area contributed by atoms with Crippen LogP contribution in [0.4, 0.5) is 4.39 Å². The average molecular weight is 347 g/mol. The number of piperazine rings is 1. The number of fused-ring (bicyclic) bond motifs is 2. The van der Waals surface area contributed by atoms with E-state index in [1.807, 2.05) is 6.07 Å². The topological polar surface area (TPSA) is 31.6 Å². The van der Waals surface area contributed by atoms with Crippen molar-refractivity contribution in [2.45, 2.75) is 22.5 Å². The van der Waals surface area contributed by atoms with Crippen LogP contribution in [-0.2, 0) is 6.54 Å². The average Bonchev–Trinajstić information content (AvgIpc) is 2.96. The predicted octanol–water partition coefficient (Wildman–Crippen LogP) is 2.44. The molecule has 0 amide bonds. The van der Waals surface area contributed by atoms with Gasteiger partial charge in [-0.3, -0.25) is 9.80 Å². The number of benzene rings is 1. The molecule has 128 valence electrons. The summed E-state index contributed by atoms with van der Waals surface area (Å²) >= 11 is 1.72. The molecule has 1 N–H and O–H groups in total. The van der Waals surface area contributed by atoms with E-state index >= 15 is 0 Å². The maximum absolute atomic E-state index is 13.9. The molecular formula is C18H22FN3OS. The molecular weight excluding hydrogens is 325 g/mol. The lowest BCUT2D eigenvalue weighted by Crippen LogP contribution is -2.49. The molecule has 1 aromatic carbocycles. The lowest BCUT2D eigenvalue weighted by Gasteiger charge is -2.39. The quantitative estimate of drug-likeness (QED) is 0.924. The van der Waals surface area contributed by atoms with E-state index in [0.29, 0.717) is 0 Å². The number of β-amino-alcohol motifs (C(OH)–C–C–N with tert-alkyl or cyclic N) is 1. The van der Waals surface area contributed by atoms with Crippen LogP contribution in [0.3, 0.4) is 0 Å². The van der Waals surface area contributed by atoms with Crippen molar-refractivity contribution >= 4 is 11.8 Å². The summed E-state index contributed by atoms with van der Waals surface area (Å²) in [5, 5.41) is 10.3. The van der Waals surface area contributed by atoms with Crippen molar-refractivity contribution < 1.29 is 9.50 Å².